The number of rotatable bonds is 11. The Kier molecular flexibility index (Phi) is 9.19. The van der Waals surface area contributed by atoms with Gasteiger partial charge in [0, 0.05) is 19.1 Å². The molecule has 1 heterocycles. The second-order valence-corrected chi connectivity index (χ2v) is 10.9. The number of alkyl carbamates (subject to hydrolysis) is 1. The molecule has 42 heavy (non-hydrogen) atoms. The van der Waals surface area contributed by atoms with E-state index in [4.69, 9.17) is 14.2 Å². The maximum atomic E-state index is 13.7. The Morgan fingerprint density at radius 2 is 1.52 bits per heavy atom. The Bertz CT molecular complexity index is 1360. The first-order valence-corrected chi connectivity index (χ1v) is 14.2. The van der Waals surface area contributed by atoms with Crippen molar-refractivity contribution in [1.29, 1.82) is 0 Å². The Hall–Kier alpha value is -4.21. The van der Waals surface area contributed by atoms with Gasteiger partial charge >= 0.3 is 12.1 Å². The molecular formula is C33H36N2O7. The molecule has 1 fully saturated rings. The fourth-order valence-corrected chi connectivity index (χ4v) is 5.80. The van der Waals surface area contributed by atoms with Crippen LogP contribution >= 0.6 is 0 Å². The Labute approximate surface area is 245 Å². The Balaban J connectivity index is 1.30. The molecule has 1 aliphatic carbocycles. The molecule has 1 saturated heterocycles. The number of ether oxygens (including phenoxy) is 3. The van der Waals surface area contributed by atoms with Crippen LogP contribution in [-0.4, -0.2) is 60.6 Å². The van der Waals surface area contributed by atoms with E-state index >= 15 is 0 Å². The topological polar surface area (TPSA) is 123 Å². The third-order valence-corrected chi connectivity index (χ3v) is 8.05. The van der Waals surface area contributed by atoms with Crippen molar-refractivity contribution in [3.8, 4) is 11.1 Å². The third kappa shape index (κ3) is 6.80. The lowest BCUT2D eigenvalue weighted by Gasteiger charge is -2.38. The summed E-state index contributed by atoms with van der Waals surface area (Å²) in [6, 6.07) is 24.5. The lowest BCUT2D eigenvalue weighted by Crippen LogP contribution is -2.61. The van der Waals surface area contributed by atoms with Gasteiger partial charge in [-0.15, -0.1) is 0 Å². The van der Waals surface area contributed by atoms with Crippen molar-refractivity contribution >= 4 is 18.0 Å². The van der Waals surface area contributed by atoms with Crippen LogP contribution < -0.4 is 10.6 Å². The van der Waals surface area contributed by atoms with Gasteiger partial charge < -0.3 is 30.0 Å². The molecule has 0 aromatic heterocycles. The van der Waals surface area contributed by atoms with Gasteiger partial charge in [-0.1, -0.05) is 78.9 Å². The van der Waals surface area contributed by atoms with Crippen LogP contribution in [0.1, 0.15) is 48.8 Å². The highest BCUT2D eigenvalue weighted by Gasteiger charge is 2.40. The van der Waals surface area contributed by atoms with Crippen LogP contribution in [0, 0.1) is 0 Å². The molecule has 220 valence electrons. The summed E-state index contributed by atoms with van der Waals surface area (Å²) in [5.74, 6) is -1.69. The predicted molar refractivity (Wildman–Crippen MR) is 156 cm³/mol. The number of nitrogens with one attached hydrogen (secondary N) is 2. The first-order chi connectivity index (χ1) is 20.3. The number of benzene rings is 3. The predicted octanol–water partition coefficient (Wildman–Crippen LogP) is 4.64. The Morgan fingerprint density at radius 1 is 0.929 bits per heavy atom. The van der Waals surface area contributed by atoms with Gasteiger partial charge in [0.1, 0.15) is 12.6 Å². The van der Waals surface area contributed by atoms with Gasteiger partial charge in [-0.05, 0) is 47.6 Å². The molecular weight excluding hydrogens is 536 g/mol. The summed E-state index contributed by atoms with van der Waals surface area (Å²) in [6.07, 6.45) is -1.05. The van der Waals surface area contributed by atoms with Crippen molar-refractivity contribution in [3.63, 3.8) is 0 Å². The monoisotopic (exact) mass is 572 g/mol. The summed E-state index contributed by atoms with van der Waals surface area (Å²) >= 11 is 0. The highest BCUT2D eigenvalue weighted by molar-refractivity contribution is 5.87. The summed E-state index contributed by atoms with van der Waals surface area (Å²) in [6.45, 7) is 2.68. The van der Waals surface area contributed by atoms with Gasteiger partial charge in [0.2, 0.25) is 5.91 Å². The lowest BCUT2D eigenvalue weighted by molar-refractivity contribution is -0.141. The number of carboxylic acids is 1. The second kappa shape index (κ2) is 13.2. The maximum absolute atomic E-state index is 13.7. The van der Waals surface area contributed by atoms with E-state index in [1.165, 1.54) is 0 Å². The van der Waals surface area contributed by atoms with Crippen molar-refractivity contribution < 1.29 is 33.7 Å². The number of hydrogen-bond acceptors (Lipinski definition) is 6. The fourth-order valence-electron chi connectivity index (χ4n) is 5.80. The van der Waals surface area contributed by atoms with E-state index in [2.05, 4.69) is 22.8 Å². The number of carbonyl (C=O) groups is 3. The summed E-state index contributed by atoms with van der Waals surface area (Å²) in [4.78, 5) is 38.5. The van der Waals surface area contributed by atoms with E-state index in [0.717, 1.165) is 27.8 Å². The van der Waals surface area contributed by atoms with Crippen molar-refractivity contribution in [1.82, 2.24) is 10.6 Å². The highest BCUT2D eigenvalue weighted by Crippen LogP contribution is 2.44. The molecule has 0 saturated carbocycles. The van der Waals surface area contributed by atoms with Crippen molar-refractivity contribution in [2.75, 3.05) is 19.8 Å². The van der Waals surface area contributed by atoms with Gasteiger partial charge in [0.25, 0.3) is 0 Å². The second-order valence-electron chi connectivity index (χ2n) is 10.9. The smallest absolute Gasteiger partial charge is 0.407 e. The molecule has 0 radical (unpaired) electrons. The number of hydrogen-bond donors (Lipinski definition) is 3. The molecule has 3 aromatic rings. The average molecular weight is 573 g/mol. The number of aliphatic carboxylic acids is 1. The van der Waals surface area contributed by atoms with Crippen LogP contribution in [0.15, 0.2) is 78.9 Å². The number of carbonyl (C=O) groups excluding carboxylic acids is 2. The minimum atomic E-state index is -1.13. The van der Waals surface area contributed by atoms with Gasteiger partial charge in [-0.3, -0.25) is 9.59 Å². The first-order valence-electron chi connectivity index (χ1n) is 14.2. The molecule has 9 nitrogen and oxygen atoms in total. The molecule has 3 N–H and O–H groups in total. The zero-order valence-corrected chi connectivity index (χ0v) is 23.6. The molecule has 5 rings (SSSR count). The summed E-state index contributed by atoms with van der Waals surface area (Å²) in [7, 11) is 0. The average Bonchev–Trinajstić information content (AvgIpc) is 3.31. The SMILES string of the molecule is CC(OCc1ccccc1)C(NC(=O)OCC1c2ccccc2-c2ccccc21)C(=O)NC1(CC(=O)O)CCOCC1. The molecule has 9 heteroatoms. The minimum absolute atomic E-state index is 0.0910. The summed E-state index contributed by atoms with van der Waals surface area (Å²) < 4.78 is 17.1. The van der Waals surface area contributed by atoms with Crippen molar-refractivity contribution in [2.45, 2.75) is 56.4 Å². The normalized spacial score (nSPS) is 16.9. The standard InChI is InChI=1S/C33H36N2O7/c1-22(41-20-23-9-3-2-4-10-23)30(31(38)35-33(19-29(36)37)15-17-40-18-16-33)34-32(39)42-21-28-26-13-7-5-11-24(26)25-12-6-8-14-27(25)28/h2-14,22,28,30H,15-21H2,1H3,(H,34,39)(H,35,38)(H,36,37). The van der Waals surface area contributed by atoms with Gasteiger partial charge in [0.05, 0.1) is 24.7 Å². The molecule has 0 bridgehead atoms. The minimum Gasteiger partial charge on any atom is -0.481 e. The van der Waals surface area contributed by atoms with Gasteiger partial charge in [0.15, 0.2) is 0 Å². The number of amides is 2. The maximum Gasteiger partial charge on any atom is 0.407 e. The van der Waals surface area contributed by atoms with E-state index in [1.807, 2.05) is 66.7 Å². The first kappa shape index (κ1) is 29.3. The molecule has 2 amide bonds. The van der Waals surface area contributed by atoms with Crippen molar-refractivity contribution in [2.24, 2.45) is 0 Å². The lowest BCUT2D eigenvalue weighted by atomic mass is 9.86. The number of fused-ring (bicyclic) bond motifs is 3. The van der Waals surface area contributed by atoms with Gasteiger partial charge in [-0.2, -0.15) is 0 Å². The molecule has 3 aromatic carbocycles. The Morgan fingerprint density at radius 3 is 2.14 bits per heavy atom. The summed E-state index contributed by atoms with van der Waals surface area (Å²) in [5.41, 5.74) is 4.31. The molecule has 1 aliphatic heterocycles. The van der Waals surface area contributed by atoms with Crippen LogP contribution in [0.25, 0.3) is 11.1 Å². The van der Waals surface area contributed by atoms with Crippen LogP contribution in [0.5, 0.6) is 0 Å². The van der Waals surface area contributed by atoms with E-state index in [1.54, 1.807) is 6.92 Å². The highest BCUT2D eigenvalue weighted by atomic mass is 16.5. The van der Waals surface area contributed by atoms with Crippen LogP contribution in [0.3, 0.4) is 0 Å². The number of carboxylic acid groups (broad SMARTS) is 1. The molecule has 2 atom stereocenters. The largest absolute Gasteiger partial charge is 0.481 e. The van der Waals surface area contributed by atoms with E-state index in [9.17, 15) is 19.5 Å². The molecule has 0 spiro atoms. The van der Waals surface area contributed by atoms with Crippen LogP contribution in [0.2, 0.25) is 0 Å². The fraction of sp³-hybridized carbons (Fsp3) is 0.364. The van der Waals surface area contributed by atoms with Crippen LogP contribution in [-0.2, 0) is 30.4 Å². The van der Waals surface area contributed by atoms with Crippen LogP contribution in [0.4, 0.5) is 4.79 Å². The van der Waals surface area contributed by atoms with E-state index in [-0.39, 0.29) is 25.6 Å². The van der Waals surface area contributed by atoms with Gasteiger partial charge in [-0.25, -0.2) is 4.79 Å². The summed E-state index contributed by atoms with van der Waals surface area (Å²) in [5, 5.41) is 15.2. The van der Waals surface area contributed by atoms with E-state index < -0.39 is 35.7 Å². The molecule has 2 unspecified atom stereocenters. The molecule has 2 aliphatic rings. The third-order valence-electron chi connectivity index (χ3n) is 8.05. The zero-order valence-electron chi connectivity index (χ0n) is 23.6. The quantitative estimate of drug-likeness (QED) is 0.306. The van der Waals surface area contributed by atoms with Crippen molar-refractivity contribution in [3.05, 3.63) is 95.6 Å². The zero-order chi connectivity index (χ0) is 29.5. The van der Waals surface area contributed by atoms with E-state index in [0.29, 0.717) is 26.1 Å².